The molecule has 0 saturated carbocycles. The number of benzene rings is 1. The summed E-state index contributed by atoms with van der Waals surface area (Å²) >= 11 is 1.56. The summed E-state index contributed by atoms with van der Waals surface area (Å²) in [6.45, 7) is 14.2. The lowest BCUT2D eigenvalue weighted by Crippen LogP contribution is -2.21. The van der Waals surface area contributed by atoms with Gasteiger partial charge in [-0.15, -0.1) is 11.8 Å². The second-order valence-corrected chi connectivity index (χ2v) is 6.37. The van der Waals surface area contributed by atoms with Crippen LogP contribution in [0.2, 0.25) is 0 Å². The molecule has 2 aromatic rings. The molecule has 25 heavy (non-hydrogen) atoms. The van der Waals surface area contributed by atoms with Crippen molar-refractivity contribution in [2.75, 3.05) is 13.4 Å². The number of aromatic nitrogens is 1. The Bertz CT molecular complexity index is 754. The van der Waals surface area contributed by atoms with Gasteiger partial charge in [0.1, 0.15) is 16.6 Å². The summed E-state index contributed by atoms with van der Waals surface area (Å²) in [5.41, 5.74) is 2.92. The lowest BCUT2D eigenvalue weighted by molar-refractivity contribution is 0.415. The van der Waals surface area contributed by atoms with Crippen LogP contribution in [0.25, 0.3) is 10.9 Å². The van der Waals surface area contributed by atoms with Gasteiger partial charge in [-0.3, -0.25) is 0 Å². The minimum atomic E-state index is 0.296. The van der Waals surface area contributed by atoms with E-state index in [2.05, 4.69) is 43.7 Å². The van der Waals surface area contributed by atoms with Gasteiger partial charge in [-0.2, -0.15) is 0 Å². The molecule has 1 N–H and O–H groups in total. The Labute approximate surface area is 155 Å². The molecule has 0 aliphatic rings. The summed E-state index contributed by atoms with van der Waals surface area (Å²) in [4.78, 5) is 9.32. The summed E-state index contributed by atoms with van der Waals surface area (Å²) in [6.07, 6.45) is 1.99. The second-order valence-electron chi connectivity index (χ2n) is 5.57. The first kappa shape index (κ1) is 21.0. The van der Waals surface area contributed by atoms with E-state index in [4.69, 9.17) is 9.72 Å². The van der Waals surface area contributed by atoms with Crippen LogP contribution >= 0.6 is 11.8 Å². The van der Waals surface area contributed by atoms with Crippen molar-refractivity contribution in [2.24, 2.45) is 4.99 Å². The van der Waals surface area contributed by atoms with Gasteiger partial charge in [0.25, 0.3) is 0 Å². The highest BCUT2D eigenvalue weighted by Gasteiger charge is 2.10. The van der Waals surface area contributed by atoms with Gasteiger partial charge >= 0.3 is 0 Å². The number of hydrogen-bond donors (Lipinski definition) is 1. The molecule has 136 valence electrons. The van der Waals surface area contributed by atoms with Gasteiger partial charge in [0.05, 0.1) is 18.3 Å². The largest absolute Gasteiger partial charge is 0.497 e. The quantitative estimate of drug-likeness (QED) is 0.592. The summed E-state index contributed by atoms with van der Waals surface area (Å²) < 4.78 is 5.30. The maximum atomic E-state index is 5.30. The van der Waals surface area contributed by atoms with Crippen LogP contribution in [-0.4, -0.2) is 29.4 Å². The molecular formula is C20H29N3OS. The average molecular weight is 360 g/mol. The topological polar surface area (TPSA) is 46.5 Å². The van der Waals surface area contributed by atoms with Gasteiger partial charge in [-0.05, 0) is 50.8 Å². The Balaban J connectivity index is 0.00000151. The van der Waals surface area contributed by atoms with Crippen LogP contribution in [0, 0.1) is 6.92 Å². The van der Waals surface area contributed by atoms with E-state index in [0.717, 1.165) is 33.0 Å². The minimum absolute atomic E-state index is 0.296. The molecule has 0 radical (unpaired) electrons. The minimum Gasteiger partial charge on any atom is -0.497 e. The van der Waals surface area contributed by atoms with E-state index in [0.29, 0.717) is 11.9 Å². The lowest BCUT2D eigenvalue weighted by Gasteiger charge is -2.12. The van der Waals surface area contributed by atoms with Gasteiger partial charge in [-0.25, -0.2) is 9.98 Å². The molecule has 1 aromatic heterocycles. The van der Waals surface area contributed by atoms with Crippen LogP contribution in [0.3, 0.4) is 0 Å². The van der Waals surface area contributed by atoms with Crippen LogP contribution in [0.4, 0.5) is 0 Å². The van der Waals surface area contributed by atoms with Crippen LogP contribution in [0.1, 0.15) is 39.0 Å². The van der Waals surface area contributed by atoms with Gasteiger partial charge in [0.2, 0.25) is 0 Å². The van der Waals surface area contributed by atoms with Crippen molar-refractivity contribution in [3.05, 3.63) is 47.9 Å². The van der Waals surface area contributed by atoms with E-state index in [1.54, 1.807) is 18.9 Å². The number of fused-ring (bicyclic) bond motifs is 1. The third-order valence-electron chi connectivity index (χ3n) is 3.33. The second kappa shape index (κ2) is 10.1. The number of aliphatic imine (C=N–C) groups is 1. The first-order valence-corrected chi connectivity index (χ1v) is 9.71. The molecule has 0 saturated heterocycles. The predicted molar refractivity (Wildman–Crippen MR) is 112 cm³/mol. The number of rotatable bonds is 5. The number of ether oxygens (including phenoxy) is 1. The van der Waals surface area contributed by atoms with Crippen molar-refractivity contribution in [3.8, 4) is 5.75 Å². The van der Waals surface area contributed by atoms with Crippen molar-refractivity contribution in [3.63, 3.8) is 0 Å². The highest BCUT2D eigenvalue weighted by molar-refractivity contribution is 8.13. The van der Waals surface area contributed by atoms with Gasteiger partial charge in [0, 0.05) is 17.5 Å². The summed E-state index contributed by atoms with van der Waals surface area (Å²) in [7, 11) is 1.66. The van der Waals surface area contributed by atoms with E-state index in [-0.39, 0.29) is 0 Å². The van der Waals surface area contributed by atoms with E-state index >= 15 is 0 Å². The normalized spacial score (nSPS) is 11.1. The average Bonchev–Trinajstić information content (AvgIpc) is 2.60. The molecule has 0 bridgehead atoms. The molecule has 1 aromatic carbocycles. The molecule has 0 amide bonds. The highest BCUT2D eigenvalue weighted by atomic mass is 32.2. The predicted octanol–water partition coefficient (Wildman–Crippen LogP) is 5.16. The number of nitrogens with one attached hydrogen (secondary N) is 1. The monoisotopic (exact) mass is 359 g/mol. The fraction of sp³-hybridized carbons (Fsp3) is 0.400. The van der Waals surface area contributed by atoms with Crippen molar-refractivity contribution < 1.29 is 4.74 Å². The number of pyridine rings is 1. The lowest BCUT2D eigenvalue weighted by atomic mass is 10.1. The Kier molecular flexibility index (Phi) is 8.49. The number of nitrogens with zero attached hydrogens (tertiary/aromatic N) is 2. The molecule has 0 atom stereocenters. The Morgan fingerprint density at radius 3 is 2.52 bits per heavy atom. The fourth-order valence-electron chi connectivity index (χ4n) is 2.31. The van der Waals surface area contributed by atoms with Crippen LogP contribution in [-0.2, 0) is 0 Å². The smallest absolute Gasteiger partial charge is 0.124 e. The van der Waals surface area contributed by atoms with Crippen LogP contribution in [0.15, 0.2) is 41.7 Å². The van der Waals surface area contributed by atoms with Crippen LogP contribution < -0.4 is 10.1 Å². The fourth-order valence-corrected chi connectivity index (χ4v) is 2.83. The molecule has 0 unspecified atom stereocenters. The standard InChI is InChI=1S/C18H23N3OS.C2H6/c1-11(2)19-13(4)20-18(23-6)17-9-12(3)15-8-7-14(22-5)10-16(15)21-17;1-2/h7-11,19H,4H2,1-3,5-6H3;1-2H3/b20-18-;. The molecule has 1 heterocycles. The molecule has 0 aliphatic heterocycles. The molecular weight excluding hydrogens is 330 g/mol. The maximum absolute atomic E-state index is 5.30. The Hall–Kier alpha value is -2.01. The van der Waals surface area contributed by atoms with E-state index in [1.165, 1.54) is 0 Å². The molecule has 5 heteroatoms. The maximum Gasteiger partial charge on any atom is 0.124 e. The molecule has 0 fully saturated rings. The number of aryl methyl sites for hydroxylation is 1. The Morgan fingerprint density at radius 2 is 1.96 bits per heavy atom. The van der Waals surface area contributed by atoms with Gasteiger partial charge < -0.3 is 10.1 Å². The Morgan fingerprint density at radius 1 is 1.28 bits per heavy atom. The summed E-state index contributed by atoms with van der Waals surface area (Å²) in [5.74, 6) is 1.45. The van der Waals surface area contributed by atoms with E-state index in [1.807, 2.05) is 38.3 Å². The zero-order chi connectivity index (χ0) is 19.0. The number of methoxy groups -OCH3 is 1. The summed E-state index contributed by atoms with van der Waals surface area (Å²) in [6, 6.07) is 8.30. The van der Waals surface area contributed by atoms with Crippen LogP contribution in [0.5, 0.6) is 5.75 Å². The van der Waals surface area contributed by atoms with Crippen molar-refractivity contribution in [1.29, 1.82) is 0 Å². The first-order chi connectivity index (χ1) is 11.9. The number of thioether (sulfide) groups is 1. The third-order valence-corrected chi connectivity index (χ3v) is 4.02. The van der Waals surface area contributed by atoms with Crippen molar-refractivity contribution >= 4 is 27.7 Å². The first-order valence-electron chi connectivity index (χ1n) is 8.48. The van der Waals surface area contributed by atoms with Gasteiger partial charge in [-0.1, -0.05) is 20.4 Å². The zero-order valence-electron chi connectivity index (χ0n) is 16.3. The third kappa shape index (κ3) is 5.78. The number of hydrogen-bond acceptors (Lipinski definition) is 5. The van der Waals surface area contributed by atoms with Gasteiger partial charge in [0.15, 0.2) is 0 Å². The highest BCUT2D eigenvalue weighted by Crippen LogP contribution is 2.24. The van der Waals surface area contributed by atoms with E-state index < -0.39 is 0 Å². The molecule has 0 spiro atoms. The molecule has 4 nitrogen and oxygen atoms in total. The van der Waals surface area contributed by atoms with Crippen molar-refractivity contribution in [2.45, 2.75) is 40.7 Å². The molecule has 0 aliphatic carbocycles. The van der Waals surface area contributed by atoms with Crippen molar-refractivity contribution in [1.82, 2.24) is 10.3 Å². The molecule has 2 rings (SSSR count). The SMILES string of the molecule is C=C(/N=C(\SC)c1cc(C)c2ccc(OC)cc2n1)NC(C)C.CC. The van der Waals surface area contributed by atoms with E-state index in [9.17, 15) is 0 Å². The zero-order valence-corrected chi connectivity index (χ0v) is 17.1. The summed E-state index contributed by atoms with van der Waals surface area (Å²) in [5, 5.41) is 5.17.